The number of rotatable bonds is 8. The van der Waals surface area contributed by atoms with Crippen molar-refractivity contribution in [3.8, 4) is 0 Å². The molecule has 0 saturated carbocycles. The lowest BCUT2D eigenvalue weighted by atomic mass is 10.0. The minimum atomic E-state index is -2.53. The molecule has 190 valence electrons. The summed E-state index contributed by atoms with van der Waals surface area (Å²) in [4.78, 5) is 36.9. The number of carboxylic acid groups (broad SMARTS) is 1. The Hall–Kier alpha value is -3.48. The van der Waals surface area contributed by atoms with E-state index in [1.165, 1.54) is 11.1 Å². The Bertz CT molecular complexity index is 1340. The van der Waals surface area contributed by atoms with Gasteiger partial charge in [-0.05, 0) is 47.7 Å². The quantitative estimate of drug-likeness (QED) is 0.370. The number of hydrogen-bond donors (Lipinski definition) is 3. The monoisotopic (exact) mass is 532 g/mol. The van der Waals surface area contributed by atoms with Gasteiger partial charge in [-0.15, -0.1) is 0 Å². The minimum Gasteiger partial charge on any atom is -0.480 e. The van der Waals surface area contributed by atoms with Crippen LogP contribution in [0.3, 0.4) is 0 Å². The van der Waals surface area contributed by atoms with Crippen molar-refractivity contribution in [2.45, 2.75) is 24.9 Å². The van der Waals surface area contributed by atoms with Gasteiger partial charge in [0.05, 0.1) is 11.9 Å². The highest BCUT2D eigenvalue weighted by Crippen LogP contribution is 2.31. The third-order valence-corrected chi connectivity index (χ3v) is 7.30. The number of benzene rings is 1. The Morgan fingerprint density at radius 2 is 2.06 bits per heavy atom. The van der Waals surface area contributed by atoms with Crippen LogP contribution in [0.2, 0.25) is 5.02 Å². The van der Waals surface area contributed by atoms with E-state index in [-0.39, 0.29) is 25.1 Å². The summed E-state index contributed by atoms with van der Waals surface area (Å²) in [5.41, 5.74) is 6.71. The molecule has 1 saturated heterocycles. The molecule has 36 heavy (non-hydrogen) atoms. The van der Waals surface area contributed by atoms with Gasteiger partial charge in [0.2, 0.25) is 5.91 Å². The summed E-state index contributed by atoms with van der Waals surface area (Å²) in [5.74, 6) is -0.828. The van der Waals surface area contributed by atoms with Gasteiger partial charge >= 0.3 is 5.97 Å². The van der Waals surface area contributed by atoms with E-state index in [1.54, 1.807) is 41.4 Å². The van der Waals surface area contributed by atoms with E-state index < -0.39 is 35.2 Å². The first-order valence-corrected chi connectivity index (χ1v) is 12.4. The van der Waals surface area contributed by atoms with Gasteiger partial charge in [-0.3, -0.25) is 13.7 Å². The number of carbonyl (C=O) groups is 2. The highest BCUT2D eigenvalue weighted by atomic mass is 35.5. The van der Waals surface area contributed by atoms with Gasteiger partial charge in [0.15, 0.2) is 0 Å². The van der Waals surface area contributed by atoms with Crippen LogP contribution in [0.15, 0.2) is 42.7 Å². The van der Waals surface area contributed by atoms with E-state index in [1.807, 2.05) is 14.1 Å². The topological polar surface area (TPSA) is 153 Å². The van der Waals surface area contributed by atoms with Gasteiger partial charge in [0.25, 0.3) is 11.3 Å². The van der Waals surface area contributed by atoms with E-state index in [4.69, 9.17) is 17.3 Å². The fourth-order valence-electron chi connectivity index (χ4n) is 4.33. The minimum absolute atomic E-state index is 0.0495. The number of fused-ring (bicyclic) bond motifs is 1. The number of nitrogens with zero attached hydrogens (tertiary/aromatic N) is 5. The molecule has 1 unspecified atom stereocenters. The predicted octanol–water partition coefficient (Wildman–Crippen LogP) is 2.17. The summed E-state index contributed by atoms with van der Waals surface area (Å²) in [6.07, 6.45) is 3.07. The second-order valence-corrected chi connectivity index (χ2v) is 9.84. The van der Waals surface area contributed by atoms with Gasteiger partial charge in [0.1, 0.15) is 23.7 Å². The summed E-state index contributed by atoms with van der Waals surface area (Å²) >= 11 is 3.90. The first-order valence-electron chi connectivity index (χ1n) is 11.0. The Balaban J connectivity index is 1.61. The molecule has 4 N–H and O–H groups in total. The summed E-state index contributed by atoms with van der Waals surface area (Å²) in [6, 6.07) is 6.11. The molecular weight excluding hydrogens is 508 g/mol. The largest absolute Gasteiger partial charge is 0.480 e. The van der Waals surface area contributed by atoms with Crippen LogP contribution in [0.5, 0.6) is 0 Å². The van der Waals surface area contributed by atoms with Crippen LogP contribution in [0, 0.1) is 0 Å². The lowest BCUT2D eigenvalue weighted by Gasteiger charge is -2.28. The molecule has 2 aromatic heterocycles. The lowest BCUT2D eigenvalue weighted by Crippen LogP contribution is -2.48. The molecule has 13 heteroatoms. The molecule has 0 aliphatic carbocycles. The van der Waals surface area contributed by atoms with Crippen molar-refractivity contribution >= 4 is 62.8 Å². The molecule has 4 rings (SSSR count). The normalized spacial score (nSPS) is 17.3. The number of carbonyl (C=O) groups excluding carboxylic acids is 1. The molecule has 3 heterocycles. The summed E-state index contributed by atoms with van der Waals surface area (Å²) in [5, 5.41) is 11.7. The van der Waals surface area contributed by atoms with Crippen LogP contribution < -0.4 is 14.9 Å². The molecule has 1 aliphatic heterocycles. The first-order chi connectivity index (χ1) is 17.1. The van der Waals surface area contributed by atoms with Gasteiger partial charge in [0, 0.05) is 43.7 Å². The zero-order chi connectivity index (χ0) is 26.1. The molecule has 1 aliphatic rings. The number of nitrogen functional groups attached to an aromatic ring is 1. The Kier molecular flexibility index (Phi) is 7.29. The van der Waals surface area contributed by atoms with Crippen molar-refractivity contribution < 1.29 is 23.5 Å². The number of anilines is 3. The highest BCUT2D eigenvalue weighted by Gasteiger charge is 2.43. The third kappa shape index (κ3) is 4.92. The SMILES string of the molecule is CN(C)c1ccc(N([C@H]2CCN([C@H](Cc3cc4ccnc(N)c4cc3Cl)C(=O)O)C2=O)S(=O)O)cn1. The molecule has 1 fully saturated rings. The first kappa shape index (κ1) is 25.6. The van der Waals surface area contributed by atoms with Gasteiger partial charge in [-0.1, -0.05) is 11.6 Å². The molecule has 3 aromatic rings. The maximum atomic E-state index is 13.4. The Labute approximate surface area is 214 Å². The van der Waals surface area contributed by atoms with Gasteiger partial charge < -0.3 is 20.6 Å². The third-order valence-electron chi connectivity index (χ3n) is 6.14. The fraction of sp³-hybridized carbons (Fsp3) is 0.304. The highest BCUT2D eigenvalue weighted by molar-refractivity contribution is 7.80. The van der Waals surface area contributed by atoms with Crippen molar-refractivity contribution in [2.75, 3.05) is 35.6 Å². The van der Waals surface area contributed by atoms with E-state index in [0.29, 0.717) is 27.6 Å². The van der Waals surface area contributed by atoms with Crippen LogP contribution >= 0.6 is 11.6 Å². The van der Waals surface area contributed by atoms with Crippen LogP contribution in [0.25, 0.3) is 10.8 Å². The number of aliphatic carboxylic acids is 1. The summed E-state index contributed by atoms with van der Waals surface area (Å²) < 4.78 is 23.3. The van der Waals surface area contributed by atoms with Crippen LogP contribution in [-0.2, 0) is 27.3 Å². The molecule has 0 spiro atoms. The average molecular weight is 533 g/mol. The fourth-order valence-corrected chi connectivity index (χ4v) is 5.27. The zero-order valence-electron chi connectivity index (χ0n) is 19.5. The maximum absolute atomic E-state index is 13.4. The summed E-state index contributed by atoms with van der Waals surface area (Å²) in [6.45, 7) is 0.0967. The lowest BCUT2D eigenvalue weighted by molar-refractivity contribution is -0.148. The molecule has 11 nitrogen and oxygen atoms in total. The maximum Gasteiger partial charge on any atom is 0.326 e. The van der Waals surface area contributed by atoms with Crippen molar-refractivity contribution in [3.05, 3.63) is 53.3 Å². The van der Waals surface area contributed by atoms with Crippen LogP contribution in [0.4, 0.5) is 17.3 Å². The van der Waals surface area contributed by atoms with Crippen molar-refractivity contribution in [1.29, 1.82) is 0 Å². The second-order valence-electron chi connectivity index (χ2n) is 8.58. The van der Waals surface area contributed by atoms with Crippen LogP contribution in [0.1, 0.15) is 12.0 Å². The number of nitrogens with two attached hydrogens (primary N) is 1. The van der Waals surface area contributed by atoms with Crippen molar-refractivity contribution in [3.63, 3.8) is 0 Å². The molecule has 0 radical (unpaired) electrons. The summed E-state index contributed by atoms with van der Waals surface area (Å²) in [7, 11) is 3.62. The van der Waals surface area contributed by atoms with Gasteiger partial charge in [-0.2, -0.15) is 0 Å². The van der Waals surface area contributed by atoms with Crippen LogP contribution in [-0.4, -0.2) is 73.3 Å². The predicted molar refractivity (Wildman–Crippen MR) is 138 cm³/mol. The van der Waals surface area contributed by atoms with Crippen molar-refractivity contribution in [2.24, 2.45) is 0 Å². The van der Waals surface area contributed by atoms with E-state index in [9.17, 15) is 23.5 Å². The molecule has 0 bridgehead atoms. The Morgan fingerprint density at radius 1 is 1.31 bits per heavy atom. The molecule has 1 amide bonds. The van der Waals surface area contributed by atoms with Crippen molar-refractivity contribution in [1.82, 2.24) is 14.9 Å². The number of pyridine rings is 2. The number of amides is 1. The number of halogens is 1. The number of aromatic nitrogens is 2. The average Bonchev–Trinajstić information content (AvgIpc) is 3.19. The molecular formula is C23H25ClN6O5S. The number of carboxylic acids is 1. The standard InChI is InChI=1S/C23H25ClN6O5S/c1-28(2)20-4-3-15(12-27-20)30(36(34)35)18-6-8-29(22(18)31)19(23(32)33)10-14-9-13-5-7-26-21(25)16(13)11-17(14)24/h3-5,7,9,11-12,18-19H,6,8,10H2,1-2H3,(H2,25,26)(H,32,33)(H,34,35)/t18-,19+/m0/s1. The molecule has 1 aromatic carbocycles. The molecule has 3 atom stereocenters. The van der Waals surface area contributed by atoms with E-state index in [0.717, 1.165) is 9.69 Å². The Morgan fingerprint density at radius 3 is 2.67 bits per heavy atom. The van der Waals surface area contributed by atoms with Gasteiger partial charge in [-0.25, -0.2) is 19.0 Å². The number of likely N-dealkylation sites (tertiary alicyclic amines) is 1. The second kappa shape index (κ2) is 10.2. The smallest absolute Gasteiger partial charge is 0.326 e. The number of hydrogen-bond acceptors (Lipinski definition) is 7. The zero-order valence-corrected chi connectivity index (χ0v) is 21.1. The van der Waals surface area contributed by atoms with E-state index in [2.05, 4.69) is 9.97 Å². The van der Waals surface area contributed by atoms with E-state index >= 15 is 0 Å².